The molecule has 1 aliphatic rings. The number of anilines is 1. The summed E-state index contributed by atoms with van der Waals surface area (Å²) in [6, 6.07) is 10.2. The highest BCUT2D eigenvalue weighted by atomic mass is 35.5. The SMILES string of the molecule is O=C(COC(=O)c1cc(S(=O)(=O)N2CCOCC2)ccc1Cl)Nc1cccc(Cl)c1. The zero-order valence-electron chi connectivity index (χ0n) is 15.6. The van der Waals surface area contributed by atoms with Crippen LogP contribution in [0.2, 0.25) is 10.0 Å². The Hall–Kier alpha value is -2.17. The number of rotatable bonds is 6. The maximum absolute atomic E-state index is 12.8. The molecule has 1 saturated heterocycles. The van der Waals surface area contributed by atoms with Gasteiger partial charge in [0.2, 0.25) is 10.0 Å². The average Bonchev–Trinajstić information content (AvgIpc) is 2.73. The molecule has 0 bridgehead atoms. The highest BCUT2D eigenvalue weighted by Crippen LogP contribution is 2.24. The summed E-state index contributed by atoms with van der Waals surface area (Å²) < 4.78 is 37.0. The van der Waals surface area contributed by atoms with E-state index in [1.807, 2.05) is 0 Å². The van der Waals surface area contributed by atoms with Crippen LogP contribution in [0.1, 0.15) is 10.4 Å². The molecular weight excluding hydrogens is 455 g/mol. The van der Waals surface area contributed by atoms with Crippen molar-refractivity contribution in [3.8, 4) is 0 Å². The molecule has 1 aliphatic heterocycles. The summed E-state index contributed by atoms with van der Waals surface area (Å²) in [6.45, 7) is 0.442. The van der Waals surface area contributed by atoms with E-state index in [2.05, 4.69) is 5.32 Å². The van der Waals surface area contributed by atoms with Crippen molar-refractivity contribution in [1.82, 2.24) is 4.31 Å². The van der Waals surface area contributed by atoms with Crippen LogP contribution in [0.4, 0.5) is 5.69 Å². The van der Waals surface area contributed by atoms with Gasteiger partial charge in [-0.05, 0) is 36.4 Å². The summed E-state index contributed by atoms with van der Waals surface area (Å²) in [5, 5.41) is 2.98. The Morgan fingerprint density at radius 2 is 1.83 bits per heavy atom. The largest absolute Gasteiger partial charge is 0.452 e. The third-order valence-electron chi connectivity index (χ3n) is 4.21. The van der Waals surface area contributed by atoms with Crippen molar-refractivity contribution in [2.75, 3.05) is 38.2 Å². The van der Waals surface area contributed by atoms with Gasteiger partial charge in [0, 0.05) is 23.8 Å². The van der Waals surface area contributed by atoms with Crippen LogP contribution in [0, 0.1) is 0 Å². The maximum Gasteiger partial charge on any atom is 0.340 e. The molecule has 30 heavy (non-hydrogen) atoms. The van der Waals surface area contributed by atoms with Gasteiger partial charge < -0.3 is 14.8 Å². The third kappa shape index (κ3) is 5.50. The van der Waals surface area contributed by atoms with E-state index < -0.39 is 28.5 Å². The van der Waals surface area contributed by atoms with Gasteiger partial charge in [-0.2, -0.15) is 4.31 Å². The second kappa shape index (κ2) is 9.76. The van der Waals surface area contributed by atoms with Crippen LogP contribution in [0.15, 0.2) is 47.4 Å². The van der Waals surface area contributed by atoms with Crippen LogP contribution in [-0.2, 0) is 24.3 Å². The molecule has 0 radical (unpaired) electrons. The first kappa shape index (κ1) is 22.5. The standard InChI is InChI=1S/C19H18Cl2N2O6S/c20-13-2-1-3-14(10-13)22-18(24)12-29-19(25)16-11-15(4-5-17(16)21)30(26,27)23-6-8-28-9-7-23/h1-5,10-11H,6-9,12H2,(H,22,24). The lowest BCUT2D eigenvalue weighted by molar-refractivity contribution is -0.119. The Morgan fingerprint density at radius 1 is 1.10 bits per heavy atom. The van der Waals surface area contributed by atoms with Crippen molar-refractivity contribution in [2.24, 2.45) is 0 Å². The number of esters is 1. The lowest BCUT2D eigenvalue weighted by atomic mass is 10.2. The first-order valence-corrected chi connectivity index (χ1v) is 11.1. The quantitative estimate of drug-likeness (QED) is 0.648. The number of nitrogens with zero attached hydrogens (tertiary/aromatic N) is 1. The minimum atomic E-state index is -3.82. The van der Waals surface area contributed by atoms with Gasteiger partial charge in [-0.3, -0.25) is 4.79 Å². The van der Waals surface area contributed by atoms with Gasteiger partial charge in [-0.15, -0.1) is 0 Å². The molecule has 160 valence electrons. The number of amides is 1. The molecule has 0 aromatic heterocycles. The Bertz CT molecular complexity index is 1050. The number of benzene rings is 2. The van der Waals surface area contributed by atoms with Crippen LogP contribution >= 0.6 is 23.2 Å². The minimum absolute atomic E-state index is 0.0103. The van der Waals surface area contributed by atoms with E-state index in [-0.39, 0.29) is 28.6 Å². The Labute approximate surface area is 183 Å². The van der Waals surface area contributed by atoms with Crippen LogP contribution in [0.3, 0.4) is 0 Å². The van der Waals surface area contributed by atoms with E-state index >= 15 is 0 Å². The number of hydrogen-bond acceptors (Lipinski definition) is 6. The smallest absolute Gasteiger partial charge is 0.340 e. The normalized spacial score (nSPS) is 14.9. The zero-order valence-corrected chi connectivity index (χ0v) is 18.0. The Kier molecular flexibility index (Phi) is 7.32. The lowest BCUT2D eigenvalue weighted by Crippen LogP contribution is -2.40. The van der Waals surface area contributed by atoms with E-state index in [1.54, 1.807) is 18.2 Å². The van der Waals surface area contributed by atoms with Crippen LogP contribution in [-0.4, -0.2) is 57.5 Å². The number of ether oxygens (including phenoxy) is 2. The highest BCUT2D eigenvalue weighted by molar-refractivity contribution is 7.89. The van der Waals surface area contributed by atoms with Gasteiger partial charge in [0.25, 0.3) is 5.91 Å². The molecule has 1 amide bonds. The summed E-state index contributed by atoms with van der Waals surface area (Å²) in [6.07, 6.45) is 0. The third-order valence-corrected chi connectivity index (χ3v) is 6.67. The molecule has 3 rings (SSSR count). The molecule has 1 heterocycles. The zero-order chi connectivity index (χ0) is 21.7. The number of halogens is 2. The predicted octanol–water partition coefficient (Wildman–Crippen LogP) is 2.81. The summed E-state index contributed by atoms with van der Waals surface area (Å²) in [7, 11) is -3.82. The number of sulfonamides is 1. The molecule has 11 heteroatoms. The van der Waals surface area contributed by atoms with E-state index in [0.29, 0.717) is 23.9 Å². The Balaban J connectivity index is 1.68. The van der Waals surface area contributed by atoms with Gasteiger partial charge >= 0.3 is 5.97 Å². The van der Waals surface area contributed by atoms with E-state index in [1.165, 1.54) is 22.5 Å². The highest BCUT2D eigenvalue weighted by Gasteiger charge is 2.28. The molecule has 1 N–H and O–H groups in total. The molecule has 2 aromatic carbocycles. The van der Waals surface area contributed by atoms with Crippen molar-refractivity contribution in [3.05, 3.63) is 58.1 Å². The molecule has 8 nitrogen and oxygen atoms in total. The minimum Gasteiger partial charge on any atom is -0.452 e. The van der Waals surface area contributed by atoms with E-state index in [0.717, 1.165) is 6.07 Å². The molecule has 0 unspecified atom stereocenters. The first-order chi connectivity index (χ1) is 14.3. The van der Waals surface area contributed by atoms with Crippen molar-refractivity contribution in [1.29, 1.82) is 0 Å². The number of hydrogen-bond donors (Lipinski definition) is 1. The molecule has 0 aliphatic carbocycles. The van der Waals surface area contributed by atoms with Crippen molar-refractivity contribution in [3.63, 3.8) is 0 Å². The molecule has 0 atom stereocenters. The molecule has 0 spiro atoms. The lowest BCUT2D eigenvalue weighted by Gasteiger charge is -2.26. The fourth-order valence-electron chi connectivity index (χ4n) is 2.73. The van der Waals surface area contributed by atoms with E-state index in [4.69, 9.17) is 32.7 Å². The van der Waals surface area contributed by atoms with Crippen molar-refractivity contribution >= 4 is 50.8 Å². The molecule has 0 saturated carbocycles. The van der Waals surface area contributed by atoms with Gasteiger partial charge in [0.1, 0.15) is 0 Å². The second-order valence-corrected chi connectivity index (χ2v) is 9.07. The molecular formula is C19H18Cl2N2O6S. The maximum atomic E-state index is 12.8. The molecule has 1 fully saturated rings. The second-order valence-electron chi connectivity index (χ2n) is 6.29. The van der Waals surface area contributed by atoms with Gasteiger partial charge in [0.05, 0.1) is 28.7 Å². The van der Waals surface area contributed by atoms with Crippen LogP contribution in [0.5, 0.6) is 0 Å². The van der Waals surface area contributed by atoms with Gasteiger partial charge in [0.15, 0.2) is 6.61 Å². The summed E-state index contributed by atoms with van der Waals surface area (Å²) in [4.78, 5) is 24.3. The van der Waals surface area contributed by atoms with Crippen molar-refractivity contribution < 1.29 is 27.5 Å². The number of carbonyl (C=O) groups excluding carboxylic acids is 2. The van der Waals surface area contributed by atoms with Gasteiger partial charge in [-0.25, -0.2) is 13.2 Å². The van der Waals surface area contributed by atoms with Gasteiger partial charge in [-0.1, -0.05) is 29.3 Å². The number of morpholine rings is 1. The fraction of sp³-hybridized carbons (Fsp3) is 0.263. The summed E-state index contributed by atoms with van der Waals surface area (Å²) in [5.41, 5.74) is 0.293. The van der Waals surface area contributed by atoms with E-state index in [9.17, 15) is 18.0 Å². The number of nitrogens with one attached hydrogen (secondary N) is 1. The monoisotopic (exact) mass is 472 g/mol. The Morgan fingerprint density at radius 3 is 2.53 bits per heavy atom. The van der Waals surface area contributed by atoms with Crippen LogP contribution in [0.25, 0.3) is 0 Å². The van der Waals surface area contributed by atoms with Crippen LogP contribution < -0.4 is 5.32 Å². The fourth-order valence-corrected chi connectivity index (χ4v) is 4.55. The topological polar surface area (TPSA) is 102 Å². The summed E-state index contributed by atoms with van der Waals surface area (Å²) >= 11 is 11.9. The number of carbonyl (C=O) groups is 2. The first-order valence-electron chi connectivity index (χ1n) is 8.87. The summed E-state index contributed by atoms with van der Waals surface area (Å²) in [5.74, 6) is -1.50. The van der Waals surface area contributed by atoms with Crippen molar-refractivity contribution in [2.45, 2.75) is 4.90 Å². The average molecular weight is 473 g/mol. The molecule has 2 aromatic rings. The predicted molar refractivity (Wildman–Crippen MR) is 111 cm³/mol.